The highest BCUT2D eigenvalue weighted by Crippen LogP contribution is 2.45. The fourth-order valence-corrected chi connectivity index (χ4v) is 7.71. The van der Waals surface area contributed by atoms with E-state index < -0.39 is 0 Å². The molecule has 3 nitrogen and oxygen atoms in total. The molecular weight excluding hydrogens is 621 g/mol. The summed E-state index contributed by atoms with van der Waals surface area (Å²) in [5, 5.41) is 4.65. The van der Waals surface area contributed by atoms with Crippen LogP contribution in [-0.4, -0.2) is 4.57 Å². The van der Waals surface area contributed by atoms with Crippen molar-refractivity contribution in [2.45, 2.75) is 0 Å². The summed E-state index contributed by atoms with van der Waals surface area (Å²) in [7, 11) is 0. The molecule has 2 heterocycles. The van der Waals surface area contributed by atoms with Crippen LogP contribution in [0.2, 0.25) is 0 Å². The minimum Gasteiger partial charge on any atom is -0.455 e. The molecular formula is C48H32N2O. The van der Waals surface area contributed by atoms with E-state index in [-0.39, 0.29) is 0 Å². The average Bonchev–Trinajstić information content (AvgIpc) is 3.76. The van der Waals surface area contributed by atoms with Gasteiger partial charge in [-0.05, 0) is 83.4 Å². The van der Waals surface area contributed by atoms with Crippen molar-refractivity contribution in [1.82, 2.24) is 4.57 Å². The molecule has 0 atom stereocenters. The predicted molar refractivity (Wildman–Crippen MR) is 214 cm³/mol. The van der Waals surface area contributed by atoms with Gasteiger partial charge in [0, 0.05) is 44.2 Å². The fraction of sp³-hybridized carbons (Fsp3) is 0. The zero-order chi connectivity index (χ0) is 33.7. The average molecular weight is 653 g/mol. The second-order valence-electron chi connectivity index (χ2n) is 12.9. The van der Waals surface area contributed by atoms with E-state index in [1.54, 1.807) is 0 Å². The quantitative estimate of drug-likeness (QED) is 0.178. The van der Waals surface area contributed by atoms with Gasteiger partial charge < -0.3 is 13.9 Å². The summed E-state index contributed by atoms with van der Waals surface area (Å²) in [4.78, 5) is 2.37. The molecule has 51 heavy (non-hydrogen) atoms. The lowest BCUT2D eigenvalue weighted by Gasteiger charge is -2.26. The highest BCUT2D eigenvalue weighted by Gasteiger charge is 2.22. The van der Waals surface area contributed by atoms with Crippen molar-refractivity contribution < 1.29 is 4.42 Å². The van der Waals surface area contributed by atoms with Crippen molar-refractivity contribution >= 4 is 60.8 Å². The lowest BCUT2D eigenvalue weighted by atomic mass is 9.96. The maximum atomic E-state index is 6.57. The molecule has 0 unspecified atom stereocenters. The molecule has 3 heteroatoms. The van der Waals surface area contributed by atoms with Crippen LogP contribution in [0.4, 0.5) is 17.1 Å². The number of hydrogen-bond acceptors (Lipinski definition) is 2. The van der Waals surface area contributed by atoms with Gasteiger partial charge in [-0.2, -0.15) is 0 Å². The van der Waals surface area contributed by atoms with Gasteiger partial charge in [-0.15, -0.1) is 0 Å². The van der Waals surface area contributed by atoms with E-state index in [4.69, 9.17) is 4.42 Å². The first-order chi connectivity index (χ1) is 25.3. The Morgan fingerprint density at radius 3 is 1.76 bits per heavy atom. The largest absolute Gasteiger partial charge is 0.455 e. The predicted octanol–water partition coefficient (Wildman–Crippen LogP) is 13.5. The van der Waals surface area contributed by atoms with Crippen LogP contribution >= 0.6 is 0 Å². The van der Waals surface area contributed by atoms with Gasteiger partial charge in [-0.25, -0.2) is 0 Å². The van der Waals surface area contributed by atoms with E-state index in [9.17, 15) is 0 Å². The molecule has 0 radical (unpaired) electrons. The summed E-state index contributed by atoms with van der Waals surface area (Å²) in [6.45, 7) is 0. The Morgan fingerprint density at radius 1 is 0.412 bits per heavy atom. The summed E-state index contributed by atoms with van der Waals surface area (Å²) in [6.07, 6.45) is 0. The van der Waals surface area contributed by atoms with Crippen molar-refractivity contribution in [3.05, 3.63) is 194 Å². The van der Waals surface area contributed by atoms with Gasteiger partial charge in [0.15, 0.2) is 0 Å². The third-order valence-corrected chi connectivity index (χ3v) is 9.94. The van der Waals surface area contributed by atoms with E-state index in [1.165, 1.54) is 10.8 Å². The molecule has 240 valence electrons. The smallest absolute Gasteiger partial charge is 0.143 e. The molecule has 10 aromatic rings. The molecule has 0 amide bonds. The fourth-order valence-electron chi connectivity index (χ4n) is 7.71. The van der Waals surface area contributed by atoms with Crippen molar-refractivity contribution in [3.8, 4) is 27.9 Å². The van der Waals surface area contributed by atoms with Crippen LogP contribution in [0.25, 0.3) is 71.7 Å². The molecule has 0 aliphatic heterocycles. The van der Waals surface area contributed by atoms with Gasteiger partial charge in [0.2, 0.25) is 0 Å². The summed E-state index contributed by atoms with van der Waals surface area (Å²) in [5.74, 6) is 0. The molecule has 0 fully saturated rings. The second-order valence-corrected chi connectivity index (χ2v) is 12.9. The van der Waals surface area contributed by atoms with E-state index in [2.05, 4.69) is 198 Å². The topological polar surface area (TPSA) is 21.3 Å². The van der Waals surface area contributed by atoms with Crippen LogP contribution in [0.1, 0.15) is 0 Å². The number of para-hydroxylation sites is 5. The van der Waals surface area contributed by atoms with E-state index in [0.29, 0.717) is 0 Å². The number of hydrogen-bond donors (Lipinski definition) is 0. The molecule has 10 rings (SSSR count). The minimum atomic E-state index is 0.899. The molecule has 0 saturated heterocycles. The number of nitrogens with zero attached hydrogens (tertiary/aromatic N) is 2. The summed E-state index contributed by atoms with van der Waals surface area (Å²) < 4.78 is 9.00. The van der Waals surface area contributed by atoms with E-state index in [0.717, 1.165) is 78.0 Å². The van der Waals surface area contributed by atoms with Crippen LogP contribution in [0.15, 0.2) is 199 Å². The minimum absolute atomic E-state index is 0.899. The van der Waals surface area contributed by atoms with Crippen LogP contribution in [0, 0.1) is 0 Å². The number of anilines is 3. The Morgan fingerprint density at radius 2 is 1.00 bits per heavy atom. The summed E-state index contributed by atoms with van der Waals surface area (Å²) in [5.41, 5.74) is 13.0. The molecule has 0 aliphatic rings. The number of furan rings is 1. The Kier molecular flexibility index (Phi) is 6.81. The Labute approximate surface area is 295 Å². The zero-order valence-corrected chi connectivity index (χ0v) is 27.8. The Hall–Kier alpha value is -6.84. The maximum Gasteiger partial charge on any atom is 0.143 e. The van der Waals surface area contributed by atoms with E-state index in [1.807, 2.05) is 6.07 Å². The molecule has 0 N–H and O–H groups in total. The van der Waals surface area contributed by atoms with Gasteiger partial charge in [0.25, 0.3) is 0 Å². The van der Waals surface area contributed by atoms with Crippen molar-refractivity contribution in [3.63, 3.8) is 0 Å². The summed E-state index contributed by atoms with van der Waals surface area (Å²) >= 11 is 0. The van der Waals surface area contributed by atoms with Crippen LogP contribution in [0.3, 0.4) is 0 Å². The number of aromatic nitrogens is 1. The summed E-state index contributed by atoms with van der Waals surface area (Å²) in [6, 6.07) is 69.1. The van der Waals surface area contributed by atoms with Gasteiger partial charge in [0.1, 0.15) is 11.2 Å². The van der Waals surface area contributed by atoms with E-state index >= 15 is 0 Å². The van der Waals surface area contributed by atoms with Crippen LogP contribution in [-0.2, 0) is 0 Å². The van der Waals surface area contributed by atoms with Crippen LogP contribution < -0.4 is 4.90 Å². The highest BCUT2D eigenvalue weighted by atomic mass is 16.3. The van der Waals surface area contributed by atoms with Gasteiger partial charge in [0.05, 0.1) is 16.7 Å². The third kappa shape index (κ3) is 4.82. The maximum absolute atomic E-state index is 6.57. The van der Waals surface area contributed by atoms with Gasteiger partial charge >= 0.3 is 0 Å². The lowest BCUT2D eigenvalue weighted by molar-refractivity contribution is 0.670. The first-order valence-electron chi connectivity index (χ1n) is 17.4. The standard InChI is InChI=1S/C48H32N2O/c1-4-16-33(17-5-1)34-30-35(39-24-14-25-41-40-22-11-13-29-46(40)51-48(39)41)32-38(31-34)50-43-26-12-10-23-42(43)47-44(27-15-28-45(47)50)49(36-18-6-2-7-19-36)37-20-8-3-9-21-37/h1-32H. The highest BCUT2D eigenvalue weighted by molar-refractivity contribution is 6.17. The van der Waals surface area contributed by atoms with Crippen molar-refractivity contribution in [2.75, 3.05) is 4.90 Å². The first kappa shape index (κ1) is 29.1. The second kappa shape index (κ2) is 11.9. The number of benzene rings is 8. The van der Waals surface area contributed by atoms with Crippen molar-refractivity contribution in [1.29, 1.82) is 0 Å². The Bertz CT molecular complexity index is 2810. The van der Waals surface area contributed by atoms with Gasteiger partial charge in [-0.1, -0.05) is 127 Å². The molecule has 8 aromatic carbocycles. The third-order valence-electron chi connectivity index (χ3n) is 9.94. The molecule has 0 bridgehead atoms. The lowest BCUT2D eigenvalue weighted by Crippen LogP contribution is -2.10. The number of fused-ring (bicyclic) bond motifs is 6. The monoisotopic (exact) mass is 652 g/mol. The molecule has 0 saturated carbocycles. The molecule has 0 aliphatic carbocycles. The molecule has 2 aromatic heterocycles. The normalized spacial score (nSPS) is 11.5. The van der Waals surface area contributed by atoms with Crippen LogP contribution in [0.5, 0.6) is 0 Å². The SMILES string of the molecule is c1ccc(-c2cc(-c3cccc4c3oc3ccccc34)cc(-n3c4ccccc4c4c(N(c5ccccc5)c5ccccc5)cccc43)c2)cc1. The number of rotatable bonds is 6. The van der Waals surface area contributed by atoms with Gasteiger partial charge in [-0.3, -0.25) is 0 Å². The van der Waals surface area contributed by atoms with Crippen molar-refractivity contribution in [2.24, 2.45) is 0 Å². The molecule has 0 spiro atoms. The Balaban J connectivity index is 1.27. The zero-order valence-electron chi connectivity index (χ0n) is 27.8. The first-order valence-corrected chi connectivity index (χ1v) is 17.4.